The van der Waals surface area contributed by atoms with Crippen LogP contribution in [0.25, 0.3) is 10.9 Å². The number of likely N-dealkylation sites (tertiary alicyclic amines) is 2. The van der Waals surface area contributed by atoms with Crippen LogP contribution >= 0.6 is 0 Å². The highest BCUT2D eigenvalue weighted by molar-refractivity contribution is 5.98. The highest BCUT2D eigenvalue weighted by atomic mass is 16.5. The number of aromatic amines is 1. The Hall–Kier alpha value is -2.99. The largest absolute Gasteiger partial charge is 0.497 e. The molecule has 0 aliphatic carbocycles. The number of fused-ring (bicyclic) bond motifs is 2. The molecule has 2 saturated heterocycles. The Morgan fingerprint density at radius 3 is 2.71 bits per heavy atom. The van der Waals surface area contributed by atoms with E-state index in [2.05, 4.69) is 44.4 Å². The summed E-state index contributed by atoms with van der Waals surface area (Å²) in [5, 5.41) is 4.64. The van der Waals surface area contributed by atoms with E-state index in [1.807, 2.05) is 24.3 Å². The Bertz CT molecular complexity index is 1180. The summed E-state index contributed by atoms with van der Waals surface area (Å²) in [6, 6.07) is 17.0. The molecule has 34 heavy (non-hydrogen) atoms. The van der Waals surface area contributed by atoms with E-state index < -0.39 is 0 Å². The number of methoxy groups -OCH3 is 1. The zero-order chi connectivity index (χ0) is 23.1. The van der Waals surface area contributed by atoms with Crippen LogP contribution in [0.15, 0.2) is 48.5 Å². The average molecular weight is 459 g/mol. The van der Waals surface area contributed by atoms with Crippen LogP contribution in [0.4, 0.5) is 5.69 Å². The summed E-state index contributed by atoms with van der Waals surface area (Å²) in [4.78, 5) is 21.1. The first-order valence-corrected chi connectivity index (χ1v) is 12.7. The Morgan fingerprint density at radius 1 is 1.06 bits per heavy atom. The molecule has 0 spiro atoms. The molecule has 2 aromatic carbocycles. The van der Waals surface area contributed by atoms with E-state index in [1.54, 1.807) is 7.11 Å². The number of para-hydroxylation sites is 1. The van der Waals surface area contributed by atoms with Crippen molar-refractivity contribution in [2.75, 3.05) is 45.2 Å². The minimum absolute atomic E-state index is 0.123. The van der Waals surface area contributed by atoms with E-state index in [0.717, 1.165) is 55.0 Å². The van der Waals surface area contributed by atoms with Gasteiger partial charge in [-0.15, -0.1) is 0 Å². The molecule has 4 heterocycles. The first kappa shape index (κ1) is 21.5. The molecule has 3 aromatic rings. The number of hydrogen-bond donors (Lipinski definition) is 2. The van der Waals surface area contributed by atoms with Crippen molar-refractivity contribution < 1.29 is 9.53 Å². The maximum absolute atomic E-state index is 13.1. The molecule has 0 saturated carbocycles. The predicted octanol–water partition coefficient (Wildman–Crippen LogP) is 4.70. The van der Waals surface area contributed by atoms with Crippen molar-refractivity contribution in [3.05, 3.63) is 59.8 Å². The minimum Gasteiger partial charge on any atom is -0.497 e. The number of rotatable bonds is 6. The molecule has 1 aromatic heterocycles. The van der Waals surface area contributed by atoms with Crippen molar-refractivity contribution in [1.82, 2.24) is 14.8 Å². The van der Waals surface area contributed by atoms with E-state index in [4.69, 9.17) is 4.74 Å². The van der Waals surface area contributed by atoms with Gasteiger partial charge >= 0.3 is 0 Å². The van der Waals surface area contributed by atoms with Gasteiger partial charge in [0.15, 0.2) is 0 Å². The van der Waals surface area contributed by atoms with Gasteiger partial charge in [-0.25, -0.2) is 0 Å². The summed E-state index contributed by atoms with van der Waals surface area (Å²) in [7, 11) is 1.66. The molecular formula is C28H34N4O2. The third kappa shape index (κ3) is 3.94. The van der Waals surface area contributed by atoms with Crippen LogP contribution in [0, 0.1) is 5.92 Å². The molecule has 0 radical (unpaired) electrons. The van der Waals surface area contributed by atoms with Crippen LogP contribution in [-0.2, 0) is 0 Å². The van der Waals surface area contributed by atoms with Crippen LogP contribution < -0.4 is 10.1 Å². The van der Waals surface area contributed by atoms with Gasteiger partial charge in [0.2, 0.25) is 0 Å². The number of nitrogens with one attached hydrogen (secondary N) is 2. The van der Waals surface area contributed by atoms with Crippen molar-refractivity contribution in [3.63, 3.8) is 0 Å². The maximum Gasteiger partial charge on any atom is 0.270 e. The lowest BCUT2D eigenvalue weighted by molar-refractivity contribution is 0.0398. The maximum atomic E-state index is 13.1. The number of carbonyl (C=O) groups excluding carboxylic acids is 1. The second-order valence-electron chi connectivity index (χ2n) is 10.1. The topological polar surface area (TPSA) is 60.6 Å². The van der Waals surface area contributed by atoms with E-state index in [-0.39, 0.29) is 5.91 Å². The first-order chi connectivity index (χ1) is 16.7. The highest BCUT2D eigenvalue weighted by Crippen LogP contribution is 2.40. The van der Waals surface area contributed by atoms with Crippen LogP contribution in [-0.4, -0.2) is 66.6 Å². The lowest BCUT2D eigenvalue weighted by Crippen LogP contribution is -2.52. The Labute approximate surface area is 201 Å². The predicted molar refractivity (Wildman–Crippen MR) is 136 cm³/mol. The number of nitrogens with zero attached hydrogens (tertiary/aromatic N) is 2. The van der Waals surface area contributed by atoms with Gasteiger partial charge in [0, 0.05) is 54.3 Å². The van der Waals surface area contributed by atoms with Crippen LogP contribution in [0.2, 0.25) is 0 Å². The molecule has 2 atom stereocenters. The summed E-state index contributed by atoms with van der Waals surface area (Å²) in [5.74, 6) is 2.36. The molecule has 6 rings (SSSR count). The molecule has 178 valence electrons. The fraction of sp³-hybridized carbons (Fsp3) is 0.464. The number of carbonyl (C=O) groups is 1. The van der Waals surface area contributed by atoms with Gasteiger partial charge in [-0.05, 0) is 74.5 Å². The SMILES string of the molecule is COc1ccc2cc(C(=O)N3CC[C@H]3CCN3CCC(C4CNc5ccccc54)CC3)[nH]c2c1. The second-order valence-corrected chi connectivity index (χ2v) is 10.1. The summed E-state index contributed by atoms with van der Waals surface area (Å²) >= 11 is 0. The Balaban J connectivity index is 1.01. The van der Waals surface area contributed by atoms with E-state index in [0.29, 0.717) is 17.7 Å². The van der Waals surface area contributed by atoms with Gasteiger partial charge in [0.25, 0.3) is 5.91 Å². The van der Waals surface area contributed by atoms with Crippen molar-refractivity contribution in [3.8, 4) is 5.75 Å². The quantitative estimate of drug-likeness (QED) is 0.562. The lowest BCUT2D eigenvalue weighted by atomic mass is 9.81. The third-order valence-corrected chi connectivity index (χ3v) is 8.32. The van der Waals surface area contributed by atoms with Crippen molar-refractivity contribution in [2.45, 2.75) is 37.6 Å². The molecule has 1 unspecified atom stereocenters. The molecule has 2 fully saturated rings. The Morgan fingerprint density at radius 2 is 1.91 bits per heavy atom. The van der Waals surface area contributed by atoms with E-state index in [9.17, 15) is 4.79 Å². The summed E-state index contributed by atoms with van der Waals surface area (Å²) in [6.45, 7) is 5.38. The summed E-state index contributed by atoms with van der Waals surface area (Å²) in [5.41, 5.74) is 4.47. The molecule has 1 amide bonds. The zero-order valence-corrected chi connectivity index (χ0v) is 19.9. The monoisotopic (exact) mass is 458 g/mol. The number of anilines is 1. The number of piperidine rings is 1. The lowest BCUT2D eigenvalue weighted by Gasteiger charge is -2.42. The first-order valence-electron chi connectivity index (χ1n) is 12.7. The van der Waals surface area contributed by atoms with Crippen LogP contribution in [0.3, 0.4) is 0 Å². The van der Waals surface area contributed by atoms with Gasteiger partial charge in [0.05, 0.1) is 7.11 Å². The fourth-order valence-corrected chi connectivity index (χ4v) is 6.15. The minimum atomic E-state index is 0.123. The Kier molecular flexibility index (Phi) is 5.69. The van der Waals surface area contributed by atoms with Gasteiger partial charge in [-0.3, -0.25) is 4.79 Å². The van der Waals surface area contributed by atoms with Crippen LogP contribution in [0.1, 0.15) is 47.7 Å². The molecule has 3 aliphatic rings. The molecule has 3 aliphatic heterocycles. The smallest absolute Gasteiger partial charge is 0.270 e. The molecule has 6 heteroatoms. The standard InChI is InChI=1S/C28H34N4O2/c1-34-22-7-6-20-16-27(30-26(20)17-22)28(33)32-15-11-21(32)10-14-31-12-8-19(9-13-31)24-18-29-25-5-3-2-4-23(24)25/h2-7,16-17,19,21,24,29-30H,8-15,18H2,1H3/t21-,24?/m1/s1. The average Bonchev–Trinajstić information content (AvgIpc) is 3.48. The zero-order valence-electron chi connectivity index (χ0n) is 19.9. The molecular weight excluding hydrogens is 424 g/mol. The van der Waals surface area contributed by atoms with Crippen molar-refractivity contribution in [1.29, 1.82) is 0 Å². The van der Waals surface area contributed by atoms with Gasteiger partial charge in [0.1, 0.15) is 11.4 Å². The normalized spacial score (nSPS) is 22.9. The molecule has 6 nitrogen and oxygen atoms in total. The highest BCUT2D eigenvalue weighted by Gasteiger charge is 2.35. The summed E-state index contributed by atoms with van der Waals surface area (Å²) < 4.78 is 5.31. The van der Waals surface area contributed by atoms with Gasteiger partial charge < -0.3 is 24.8 Å². The molecule has 0 bridgehead atoms. The summed E-state index contributed by atoms with van der Waals surface area (Å²) in [6.07, 6.45) is 4.72. The number of ether oxygens (including phenoxy) is 1. The number of benzene rings is 2. The number of H-pyrrole nitrogens is 1. The molecule has 2 N–H and O–H groups in total. The third-order valence-electron chi connectivity index (χ3n) is 8.32. The van der Waals surface area contributed by atoms with Crippen molar-refractivity contribution >= 4 is 22.5 Å². The van der Waals surface area contributed by atoms with E-state index >= 15 is 0 Å². The second kappa shape index (κ2) is 8.99. The van der Waals surface area contributed by atoms with Gasteiger partial charge in [-0.1, -0.05) is 18.2 Å². The van der Waals surface area contributed by atoms with E-state index in [1.165, 1.54) is 37.2 Å². The van der Waals surface area contributed by atoms with Crippen LogP contribution in [0.5, 0.6) is 5.75 Å². The van der Waals surface area contributed by atoms with Gasteiger partial charge in [-0.2, -0.15) is 0 Å². The number of amides is 1. The number of aromatic nitrogens is 1. The number of hydrogen-bond acceptors (Lipinski definition) is 4. The van der Waals surface area contributed by atoms with Crippen molar-refractivity contribution in [2.24, 2.45) is 5.92 Å². The fourth-order valence-electron chi connectivity index (χ4n) is 6.15.